The topological polar surface area (TPSA) is 29.9 Å². The van der Waals surface area contributed by atoms with Gasteiger partial charge in [-0.05, 0) is 19.9 Å². The third kappa shape index (κ3) is 3.10. The van der Waals surface area contributed by atoms with Crippen LogP contribution in [0, 0.1) is 0 Å². The molecule has 20 heavy (non-hydrogen) atoms. The zero-order valence-corrected chi connectivity index (χ0v) is 12.7. The van der Waals surface area contributed by atoms with Gasteiger partial charge in [0.2, 0.25) is 0 Å². The second-order valence-electron chi connectivity index (χ2n) is 5.18. The Labute approximate surface area is 122 Å². The Morgan fingerprint density at radius 1 is 1.20 bits per heavy atom. The van der Waals surface area contributed by atoms with Crippen molar-refractivity contribution >= 4 is 0 Å². The van der Waals surface area contributed by atoms with Crippen LogP contribution in [-0.2, 0) is 0 Å². The van der Waals surface area contributed by atoms with E-state index in [0.717, 1.165) is 12.2 Å². The minimum atomic E-state index is 0.442. The van der Waals surface area contributed by atoms with Crippen molar-refractivity contribution in [2.45, 2.75) is 45.2 Å². The van der Waals surface area contributed by atoms with Crippen LogP contribution in [0.5, 0.6) is 0 Å². The van der Waals surface area contributed by atoms with Crippen molar-refractivity contribution in [1.29, 1.82) is 0 Å². The van der Waals surface area contributed by atoms with E-state index >= 15 is 0 Å². The highest BCUT2D eigenvalue weighted by molar-refractivity contribution is 5.55. The Balaban J connectivity index is 2.34. The number of rotatable bonds is 7. The lowest BCUT2D eigenvalue weighted by Crippen LogP contribution is -2.35. The van der Waals surface area contributed by atoms with Crippen LogP contribution in [0.25, 0.3) is 11.4 Å². The van der Waals surface area contributed by atoms with Gasteiger partial charge in [0.15, 0.2) is 0 Å². The van der Waals surface area contributed by atoms with E-state index in [0.29, 0.717) is 12.1 Å². The highest BCUT2D eigenvalue weighted by atomic mass is 15.1. The first kappa shape index (κ1) is 14.8. The van der Waals surface area contributed by atoms with Crippen LogP contribution in [0.1, 0.15) is 39.2 Å². The van der Waals surface area contributed by atoms with Gasteiger partial charge in [-0.3, -0.25) is 0 Å². The van der Waals surface area contributed by atoms with Gasteiger partial charge in [-0.1, -0.05) is 50.6 Å². The fourth-order valence-corrected chi connectivity index (χ4v) is 2.91. The van der Waals surface area contributed by atoms with Crippen LogP contribution < -0.4 is 5.32 Å². The molecular formula is C17H25N3. The molecular weight excluding hydrogens is 246 g/mol. The van der Waals surface area contributed by atoms with Gasteiger partial charge in [0.1, 0.15) is 5.82 Å². The Hall–Kier alpha value is -1.61. The minimum Gasteiger partial charge on any atom is -0.326 e. The van der Waals surface area contributed by atoms with Crippen LogP contribution in [0.15, 0.2) is 42.7 Å². The maximum atomic E-state index is 4.57. The Morgan fingerprint density at radius 2 is 1.95 bits per heavy atom. The number of hydrogen-bond donors (Lipinski definition) is 1. The number of aromatic nitrogens is 2. The van der Waals surface area contributed by atoms with E-state index in [1.165, 1.54) is 18.4 Å². The quantitative estimate of drug-likeness (QED) is 0.828. The summed E-state index contributed by atoms with van der Waals surface area (Å²) in [6, 6.07) is 11.4. The molecule has 0 aliphatic heterocycles. The first-order valence-electron chi connectivity index (χ1n) is 7.57. The first-order valence-corrected chi connectivity index (χ1v) is 7.57. The molecule has 0 bridgehead atoms. The zero-order valence-electron chi connectivity index (χ0n) is 12.7. The molecule has 0 saturated carbocycles. The number of imidazole rings is 1. The monoisotopic (exact) mass is 271 g/mol. The van der Waals surface area contributed by atoms with Gasteiger partial charge in [0.05, 0.1) is 6.04 Å². The van der Waals surface area contributed by atoms with Gasteiger partial charge in [-0.2, -0.15) is 0 Å². The van der Waals surface area contributed by atoms with E-state index in [1.54, 1.807) is 0 Å². The molecule has 3 nitrogen and oxygen atoms in total. The van der Waals surface area contributed by atoms with E-state index < -0.39 is 0 Å². The van der Waals surface area contributed by atoms with Crippen molar-refractivity contribution in [3.63, 3.8) is 0 Å². The molecule has 0 fully saturated rings. The summed E-state index contributed by atoms with van der Waals surface area (Å²) >= 11 is 0. The molecule has 1 aromatic carbocycles. The van der Waals surface area contributed by atoms with Crippen molar-refractivity contribution in [3.8, 4) is 11.4 Å². The maximum absolute atomic E-state index is 4.57. The standard InChI is InChI=1S/C17H25N3/c1-4-9-15(18-3)16(5-2)20-13-12-19-17(20)14-10-7-6-8-11-14/h6-8,10-13,15-16,18H,4-5,9H2,1-3H3. The van der Waals surface area contributed by atoms with Gasteiger partial charge in [0.25, 0.3) is 0 Å². The number of benzene rings is 1. The molecule has 2 atom stereocenters. The van der Waals surface area contributed by atoms with Gasteiger partial charge in [0, 0.05) is 24.0 Å². The summed E-state index contributed by atoms with van der Waals surface area (Å²) in [5, 5.41) is 3.47. The normalized spacial score (nSPS) is 14.2. The molecule has 1 aromatic heterocycles. The molecule has 0 saturated heterocycles. The van der Waals surface area contributed by atoms with E-state index in [-0.39, 0.29) is 0 Å². The molecule has 2 aromatic rings. The Bertz CT molecular complexity index is 504. The molecule has 0 amide bonds. The molecule has 2 unspecified atom stereocenters. The highest BCUT2D eigenvalue weighted by Crippen LogP contribution is 2.26. The average molecular weight is 271 g/mol. The second kappa shape index (κ2) is 7.25. The van der Waals surface area contributed by atoms with E-state index in [9.17, 15) is 0 Å². The largest absolute Gasteiger partial charge is 0.326 e. The summed E-state index contributed by atoms with van der Waals surface area (Å²) in [6.07, 6.45) is 7.49. The zero-order chi connectivity index (χ0) is 14.4. The maximum Gasteiger partial charge on any atom is 0.140 e. The van der Waals surface area contributed by atoms with Crippen LogP contribution in [0.3, 0.4) is 0 Å². The number of hydrogen-bond acceptors (Lipinski definition) is 2. The minimum absolute atomic E-state index is 0.442. The van der Waals surface area contributed by atoms with Gasteiger partial charge < -0.3 is 9.88 Å². The molecule has 108 valence electrons. The highest BCUT2D eigenvalue weighted by Gasteiger charge is 2.21. The van der Waals surface area contributed by atoms with Crippen molar-refractivity contribution in [2.75, 3.05) is 7.05 Å². The van der Waals surface area contributed by atoms with Crippen molar-refractivity contribution in [2.24, 2.45) is 0 Å². The summed E-state index contributed by atoms with van der Waals surface area (Å²) in [7, 11) is 2.06. The lowest BCUT2D eigenvalue weighted by atomic mass is 10.0. The molecule has 1 N–H and O–H groups in total. The van der Waals surface area contributed by atoms with E-state index in [1.807, 2.05) is 12.3 Å². The predicted molar refractivity (Wildman–Crippen MR) is 84.7 cm³/mol. The van der Waals surface area contributed by atoms with Crippen LogP contribution in [0.2, 0.25) is 0 Å². The van der Waals surface area contributed by atoms with E-state index in [4.69, 9.17) is 0 Å². The van der Waals surface area contributed by atoms with Crippen LogP contribution in [-0.4, -0.2) is 22.6 Å². The lowest BCUT2D eigenvalue weighted by Gasteiger charge is -2.28. The Kier molecular flexibility index (Phi) is 5.36. The van der Waals surface area contributed by atoms with Crippen molar-refractivity contribution in [3.05, 3.63) is 42.7 Å². The van der Waals surface area contributed by atoms with Crippen LogP contribution in [0.4, 0.5) is 0 Å². The summed E-state index contributed by atoms with van der Waals surface area (Å²) in [4.78, 5) is 4.57. The first-order chi connectivity index (χ1) is 9.81. The van der Waals surface area contributed by atoms with E-state index in [2.05, 4.69) is 66.2 Å². The second-order valence-corrected chi connectivity index (χ2v) is 5.18. The SMILES string of the molecule is CCCC(NC)C(CC)n1ccnc1-c1ccccc1. The van der Waals surface area contributed by atoms with Crippen molar-refractivity contribution in [1.82, 2.24) is 14.9 Å². The Morgan fingerprint density at radius 3 is 2.55 bits per heavy atom. The smallest absolute Gasteiger partial charge is 0.140 e. The third-order valence-corrected chi connectivity index (χ3v) is 3.91. The summed E-state index contributed by atoms with van der Waals surface area (Å²) in [5.74, 6) is 1.06. The van der Waals surface area contributed by atoms with Crippen molar-refractivity contribution < 1.29 is 0 Å². The fraction of sp³-hybridized carbons (Fsp3) is 0.471. The summed E-state index contributed by atoms with van der Waals surface area (Å²) in [6.45, 7) is 4.49. The fourth-order valence-electron chi connectivity index (χ4n) is 2.91. The number of likely N-dealkylation sites (N-methyl/N-ethyl adjacent to an activating group) is 1. The molecule has 0 aliphatic carbocycles. The third-order valence-electron chi connectivity index (χ3n) is 3.91. The molecule has 1 heterocycles. The lowest BCUT2D eigenvalue weighted by molar-refractivity contribution is 0.339. The molecule has 0 aliphatic rings. The number of nitrogens with one attached hydrogen (secondary N) is 1. The van der Waals surface area contributed by atoms with Crippen LogP contribution >= 0.6 is 0 Å². The molecule has 2 rings (SSSR count). The number of nitrogens with zero attached hydrogens (tertiary/aromatic N) is 2. The van der Waals surface area contributed by atoms with Gasteiger partial charge in [-0.25, -0.2) is 4.98 Å². The summed E-state index contributed by atoms with van der Waals surface area (Å²) < 4.78 is 2.33. The van der Waals surface area contributed by atoms with Gasteiger partial charge in [-0.15, -0.1) is 0 Å². The molecule has 3 heteroatoms. The van der Waals surface area contributed by atoms with Gasteiger partial charge >= 0.3 is 0 Å². The molecule has 0 radical (unpaired) electrons. The summed E-state index contributed by atoms with van der Waals surface area (Å²) in [5.41, 5.74) is 1.18. The molecule has 0 spiro atoms. The predicted octanol–water partition coefficient (Wildman–Crippen LogP) is 3.89. The average Bonchev–Trinajstić information content (AvgIpc) is 2.97.